The van der Waals surface area contributed by atoms with E-state index in [2.05, 4.69) is 25.9 Å². The summed E-state index contributed by atoms with van der Waals surface area (Å²) in [5.41, 5.74) is 0.0436. The molecule has 1 N–H and O–H groups in total. The predicted octanol–water partition coefficient (Wildman–Crippen LogP) is 3.94. The third kappa shape index (κ3) is 4.53. The van der Waals surface area contributed by atoms with Gasteiger partial charge in [0.1, 0.15) is 5.60 Å². The number of amides is 1. The smallest absolute Gasteiger partial charge is 0.410 e. The maximum atomic E-state index is 14.5. The highest BCUT2D eigenvalue weighted by atomic mass is 79.9. The predicted molar refractivity (Wildman–Crippen MR) is 109 cm³/mol. The number of piperazine rings is 1. The Bertz CT molecular complexity index is 990. The zero-order valence-electron chi connectivity index (χ0n) is 16.0. The van der Waals surface area contributed by atoms with Crippen molar-refractivity contribution in [1.82, 2.24) is 14.9 Å². The average Bonchev–Trinajstić information content (AvgIpc) is 2.60. The van der Waals surface area contributed by atoms with Crippen molar-refractivity contribution >= 4 is 56.2 Å². The summed E-state index contributed by atoms with van der Waals surface area (Å²) >= 11 is 9.87. The number of hydrogen-bond donors (Lipinski definition) is 1. The van der Waals surface area contributed by atoms with Gasteiger partial charge in [-0.05, 0) is 42.8 Å². The second kappa shape index (κ2) is 7.91. The fraction of sp³-hybridized carbons (Fsp3) is 0.444. The fourth-order valence-electron chi connectivity index (χ4n) is 2.99. The minimum atomic E-state index is -1.43. The van der Waals surface area contributed by atoms with Crippen LogP contribution < -0.4 is 4.90 Å². The first-order valence-corrected chi connectivity index (χ1v) is 9.96. The zero-order valence-corrected chi connectivity index (χ0v) is 18.3. The number of carbonyl (C=O) groups is 2. The van der Waals surface area contributed by atoms with Gasteiger partial charge in [-0.1, -0.05) is 11.6 Å². The van der Waals surface area contributed by atoms with E-state index in [0.717, 1.165) is 0 Å². The Morgan fingerprint density at radius 2 is 1.86 bits per heavy atom. The van der Waals surface area contributed by atoms with Gasteiger partial charge in [-0.2, -0.15) is 9.37 Å². The van der Waals surface area contributed by atoms with Crippen LogP contribution in [0.25, 0.3) is 10.9 Å². The molecule has 1 aliphatic rings. The summed E-state index contributed by atoms with van der Waals surface area (Å²) in [7, 11) is 0. The summed E-state index contributed by atoms with van der Waals surface area (Å²) in [4.78, 5) is 34.1. The van der Waals surface area contributed by atoms with Crippen molar-refractivity contribution < 1.29 is 23.8 Å². The number of carboxylic acids is 1. The molecule has 0 bridgehead atoms. The standard InChI is InChI=1S/C18H19BrClFN4O4/c1-18(2,3)29-17(28)25-6-4-24(5-7-25)13-9(19)8-10-11(12(13)20)14(21)23-15(22-10)16(26)27/h8H,4-7H2,1-3H3,(H,26,27). The molecule has 1 aromatic carbocycles. The molecule has 1 aliphatic heterocycles. The number of fused-ring (bicyclic) bond motifs is 1. The van der Waals surface area contributed by atoms with E-state index in [9.17, 15) is 14.0 Å². The highest BCUT2D eigenvalue weighted by molar-refractivity contribution is 9.10. The lowest BCUT2D eigenvalue weighted by Crippen LogP contribution is -2.50. The van der Waals surface area contributed by atoms with Crippen LogP contribution in [-0.4, -0.2) is 63.8 Å². The minimum absolute atomic E-state index is 0.0514. The van der Waals surface area contributed by atoms with Crippen molar-refractivity contribution in [3.8, 4) is 0 Å². The molecule has 8 nitrogen and oxygen atoms in total. The Morgan fingerprint density at radius 3 is 2.41 bits per heavy atom. The summed E-state index contributed by atoms with van der Waals surface area (Å²) < 4.78 is 20.4. The van der Waals surface area contributed by atoms with Gasteiger partial charge in [0.25, 0.3) is 0 Å². The number of hydrogen-bond acceptors (Lipinski definition) is 6. The van der Waals surface area contributed by atoms with Crippen LogP contribution in [0.4, 0.5) is 14.9 Å². The number of ether oxygens (including phenoxy) is 1. The van der Waals surface area contributed by atoms with Gasteiger partial charge in [-0.15, -0.1) is 0 Å². The van der Waals surface area contributed by atoms with Crippen LogP contribution in [-0.2, 0) is 4.74 Å². The Labute approximate surface area is 179 Å². The Balaban J connectivity index is 1.88. The molecule has 1 amide bonds. The van der Waals surface area contributed by atoms with Crippen LogP contribution in [0.15, 0.2) is 10.5 Å². The maximum Gasteiger partial charge on any atom is 0.410 e. The molecular formula is C18H19BrClFN4O4. The Morgan fingerprint density at radius 1 is 1.24 bits per heavy atom. The van der Waals surface area contributed by atoms with Gasteiger partial charge in [0.15, 0.2) is 0 Å². The van der Waals surface area contributed by atoms with Crippen molar-refractivity contribution in [2.45, 2.75) is 26.4 Å². The molecule has 0 unspecified atom stereocenters. The molecule has 0 radical (unpaired) electrons. The van der Waals surface area contributed by atoms with Crippen LogP contribution >= 0.6 is 27.5 Å². The van der Waals surface area contributed by atoms with E-state index in [0.29, 0.717) is 36.3 Å². The lowest BCUT2D eigenvalue weighted by atomic mass is 10.1. The van der Waals surface area contributed by atoms with Crippen molar-refractivity contribution in [3.05, 3.63) is 27.3 Å². The first-order valence-electron chi connectivity index (χ1n) is 8.79. The molecule has 0 aliphatic carbocycles. The highest BCUT2D eigenvalue weighted by Gasteiger charge is 2.29. The molecule has 0 spiro atoms. The lowest BCUT2D eigenvalue weighted by Gasteiger charge is -2.37. The zero-order chi connectivity index (χ0) is 21.5. The molecule has 0 atom stereocenters. The van der Waals surface area contributed by atoms with Crippen molar-refractivity contribution in [3.63, 3.8) is 0 Å². The third-order valence-corrected chi connectivity index (χ3v) is 5.22. The Kier molecular flexibility index (Phi) is 5.86. The monoisotopic (exact) mass is 488 g/mol. The van der Waals surface area contributed by atoms with Crippen LogP contribution in [0.5, 0.6) is 0 Å². The number of carbonyl (C=O) groups excluding carboxylic acids is 1. The second-order valence-corrected chi connectivity index (χ2v) is 8.75. The number of anilines is 1. The van der Waals surface area contributed by atoms with Crippen molar-refractivity contribution in [2.75, 3.05) is 31.1 Å². The van der Waals surface area contributed by atoms with Gasteiger partial charge in [-0.3, -0.25) is 0 Å². The first kappa shape index (κ1) is 21.5. The number of nitrogens with zero attached hydrogens (tertiary/aromatic N) is 4. The van der Waals surface area contributed by atoms with E-state index >= 15 is 0 Å². The number of carboxylic acid groups (broad SMARTS) is 1. The lowest BCUT2D eigenvalue weighted by molar-refractivity contribution is 0.0240. The summed E-state index contributed by atoms with van der Waals surface area (Å²) in [5, 5.41) is 9.05. The quantitative estimate of drug-likeness (QED) is 0.638. The van der Waals surface area contributed by atoms with E-state index in [-0.39, 0.29) is 22.0 Å². The normalized spacial score (nSPS) is 15.0. The largest absolute Gasteiger partial charge is 0.475 e. The van der Waals surface area contributed by atoms with Crippen LogP contribution in [0.1, 0.15) is 31.4 Å². The first-order chi connectivity index (χ1) is 13.5. The van der Waals surface area contributed by atoms with Gasteiger partial charge < -0.3 is 19.6 Å². The number of aromatic nitrogens is 2. The number of benzene rings is 1. The molecule has 29 heavy (non-hydrogen) atoms. The summed E-state index contributed by atoms with van der Waals surface area (Å²) in [5.74, 6) is -3.07. The molecule has 11 heteroatoms. The molecule has 1 fully saturated rings. The second-order valence-electron chi connectivity index (χ2n) is 7.51. The molecule has 2 aromatic rings. The van der Waals surface area contributed by atoms with Crippen LogP contribution in [0, 0.1) is 5.95 Å². The van der Waals surface area contributed by atoms with Gasteiger partial charge in [-0.25, -0.2) is 14.6 Å². The van der Waals surface area contributed by atoms with Gasteiger partial charge in [0, 0.05) is 30.7 Å². The summed E-state index contributed by atoms with van der Waals surface area (Å²) in [6, 6.07) is 1.51. The Hall–Kier alpha value is -2.20. The molecule has 3 rings (SSSR count). The van der Waals surface area contributed by atoms with E-state index < -0.39 is 23.3 Å². The third-order valence-electron chi connectivity index (χ3n) is 4.25. The van der Waals surface area contributed by atoms with Gasteiger partial charge >= 0.3 is 12.1 Å². The number of aromatic carboxylic acids is 1. The van der Waals surface area contributed by atoms with Gasteiger partial charge in [0.2, 0.25) is 11.8 Å². The molecule has 156 valence electrons. The van der Waals surface area contributed by atoms with Crippen LogP contribution in [0.3, 0.4) is 0 Å². The van der Waals surface area contributed by atoms with E-state index in [1.807, 2.05) is 4.90 Å². The van der Waals surface area contributed by atoms with Crippen LogP contribution in [0.2, 0.25) is 5.02 Å². The topological polar surface area (TPSA) is 95.9 Å². The number of rotatable bonds is 2. The number of halogens is 3. The van der Waals surface area contributed by atoms with Crippen molar-refractivity contribution in [1.29, 1.82) is 0 Å². The molecular weight excluding hydrogens is 471 g/mol. The minimum Gasteiger partial charge on any atom is -0.475 e. The summed E-state index contributed by atoms with van der Waals surface area (Å²) in [6.45, 7) is 7.15. The van der Waals surface area contributed by atoms with Gasteiger partial charge in [0.05, 0.1) is 21.6 Å². The maximum absolute atomic E-state index is 14.5. The van der Waals surface area contributed by atoms with E-state index in [1.165, 1.54) is 6.07 Å². The highest BCUT2D eigenvalue weighted by Crippen LogP contribution is 2.40. The summed E-state index contributed by atoms with van der Waals surface area (Å²) in [6.07, 6.45) is -0.388. The van der Waals surface area contributed by atoms with Crippen molar-refractivity contribution in [2.24, 2.45) is 0 Å². The van der Waals surface area contributed by atoms with E-state index in [1.54, 1.807) is 25.7 Å². The SMILES string of the molecule is CC(C)(C)OC(=O)N1CCN(c2c(Br)cc3nc(C(=O)O)nc(F)c3c2Cl)CC1. The molecule has 0 saturated carbocycles. The molecule has 1 aromatic heterocycles. The van der Waals surface area contributed by atoms with E-state index in [4.69, 9.17) is 21.4 Å². The molecule has 1 saturated heterocycles. The fourth-order valence-corrected chi connectivity index (χ4v) is 4.17. The molecule has 2 heterocycles. The average molecular weight is 490 g/mol.